The van der Waals surface area contributed by atoms with E-state index in [0.29, 0.717) is 21.5 Å². The smallest absolute Gasteiger partial charge is 0.435 e. The molecule has 6 nitrogen and oxygen atoms in total. The zero-order chi connectivity index (χ0) is 22.5. The Morgan fingerprint density at radius 1 is 1.32 bits per heavy atom. The van der Waals surface area contributed by atoms with Crippen LogP contribution in [0.15, 0.2) is 24.3 Å². The lowest BCUT2D eigenvalue weighted by Gasteiger charge is -2.16. The molecule has 0 saturated heterocycles. The molecule has 0 spiro atoms. The van der Waals surface area contributed by atoms with Crippen molar-refractivity contribution in [1.82, 2.24) is 9.78 Å². The number of fused-ring (bicyclic) bond motifs is 1. The Morgan fingerprint density at radius 3 is 2.65 bits per heavy atom. The van der Waals surface area contributed by atoms with Crippen molar-refractivity contribution in [2.75, 3.05) is 12.4 Å². The van der Waals surface area contributed by atoms with Crippen molar-refractivity contribution in [3.63, 3.8) is 0 Å². The number of thiophene rings is 1. The molecule has 1 amide bonds. The van der Waals surface area contributed by atoms with Crippen LogP contribution in [-0.4, -0.2) is 28.8 Å². The number of carbonyl (C=O) groups is 2. The normalized spacial score (nSPS) is 15.2. The highest BCUT2D eigenvalue weighted by Crippen LogP contribution is 2.43. The fourth-order valence-corrected chi connectivity index (χ4v) is 4.73. The van der Waals surface area contributed by atoms with Gasteiger partial charge in [0.15, 0.2) is 5.69 Å². The van der Waals surface area contributed by atoms with E-state index in [2.05, 4.69) is 10.4 Å². The van der Waals surface area contributed by atoms with Crippen LogP contribution in [0.1, 0.15) is 52.8 Å². The van der Waals surface area contributed by atoms with Crippen molar-refractivity contribution in [3.05, 3.63) is 45.6 Å². The standard InChI is InChI=1S/C20H17ClF3N3O3S/c1-9(27-13(10-3-4-10)8-15(26-27)20(22,23)24)18(28)25-11-5-6-12-14(7-11)31-17(16(12)21)19(29)30-2/h5-10H,3-4H2,1-2H3,(H,25,28). The minimum Gasteiger partial charge on any atom is -0.465 e. The number of esters is 1. The average Bonchev–Trinajstić information content (AvgIpc) is 3.37. The summed E-state index contributed by atoms with van der Waals surface area (Å²) in [6.45, 7) is 1.50. The summed E-state index contributed by atoms with van der Waals surface area (Å²) in [5.74, 6) is -1.08. The summed E-state index contributed by atoms with van der Waals surface area (Å²) >= 11 is 7.35. The molecule has 0 aliphatic heterocycles. The minimum atomic E-state index is -4.58. The van der Waals surface area contributed by atoms with Gasteiger partial charge in [-0.1, -0.05) is 11.6 Å². The van der Waals surface area contributed by atoms with E-state index in [-0.39, 0.29) is 15.8 Å². The van der Waals surface area contributed by atoms with Crippen molar-refractivity contribution in [2.24, 2.45) is 0 Å². The van der Waals surface area contributed by atoms with Gasteiger partial charge in [0.05, 0.1) is 12.1 Å². The lowest BCUT2D eigenvalue weighted by molar-refractivity contribution is -0.141. The van der Waals surface area contributed by atoms with Gasteiger partial charge in [-0.15, -0.1) is 11.3 Å². The summed E-state index contributed by atoms with van der Waals surface area (Å²) in [6.07, 6.45) is -3.03. The van der Waals surface area contributed by atoms with Crippen LogP contribution in [0, 0.1) is 0 Å². The third-order valence-corrected chi connectivity index (χ3v) is 6.70. The quantitative estimate of drug-likeness (QED) is 0.489. The van der Waals surface area contributed by atoms with Gasteiger partial charge in [0.25, 0.3) is 0 Å². The maximum atomic E-state index is 13.1. The maximum absolute atomic E-state index is 13.1. The summed E-state index contributed by atoms with van der Waals surface area (Å²) in [4.78, 5) is 24.9. The Morgan fingerprint density at radius 2 is 2.03 bits per heavy atom. The molecule has 1 unspecified atom stereocenters. The van der Waals surface area contributed by atoms with Gasteiger partial charge >= 0.3 is 12.1 Å². The summed E-state index contributed by atoms with van der Waals surface area (Å²) in [7, 11) is 1.26. The summed E-state index contributed by atoms with van der Waals surface area (Å²) in [5, 5.41) is 7.27. The van der Waals surface area contributed by atoms with Crippen LogP contribution < -0.4 is 5.32 Å². The van der Waals surface area contributed by atoms with Crippen LogP contribution in [0.5, 0.6) is 0 Å². The van der Waals surface area contributed by atoms with E-state index in [1.54, 1.807) is 18.2 Å². The molecule has 0 radical (unpaired) electrons. The highest BCUT2D eigenvalue weighted by atomic mass is 35.5. The number of rotatable bonds is 5. The Labute approximate surface area is 183 Å². The first-order valence-corrected chi connectivity index (χ1v) is 10.6. The third-order valence-electron chi connectivity index (χ3n) is 5.06. The van der Waals surface area contributed by atoms with Crippen molar-refractivity contribution in [1.29, 1.82) is 0 Å². The zero-order valence-corrected chi connectivity index (χ0v) is 18.0. The number of ether oxygens (including phenoxy) is 1. The fraction of sp³-hybridized carbons (Fsp3) is 0.350. The van der Waals surface area contributed by atoms with Crippen molar-refractivity contribution in [2.45, 2.75) is 37.9 Å². The Hall–Kier alpha value is -2.59. The maximum Gasteiger partial charge on any atom is 0.435 e. The number of alkyl halides is 3. The molecule has 1 fully saturated rings. The number of methoxy groups -OCH3 is 1. The van der Waals surface area contributed by atoms with E-state index in [4.69, 9.17) is 16.3 Å². The molecule has 1 aliphatic carbocycles. The van der Waals surface area contributed by atoms with Gasteiger partial charge in [0, 0.05) is 27.4 Å². The van der Waals surface area contributed by atoms with Gasteiger partial charge < -0.3 is 10.1 Å². The third kappa shape index (κ3) is 4.14. The van der Waals surface area contributed by atoms with E-state index in [9.17, 15) is 22.8 Å². The second-order valence-corrected chi connectivity index (χ2v) is 8.71. The molecule has 11 heteroatoms. The molecule has 1 aromatic carbocycles. The summed E-state index contributed by atoms with van der Waals surface area (Å²) < 4.78 is 45.9. The monoisotopic (exact) mass is 471 g/mol. The van der Waals surface area contributed by atoms with Gasteiger partial charge in [-0.25, -0.2) is 4.79 Å². The number of hydrogen-bond acceptors (Lipinski definition) is 5. The molecule has 2 aromatic heterocycles. The molecular weight excluding hydrogens is 455 g/mol. The fourth-order valence-electron chi connectivity index (χ4n) is 3.27. The first kappa shape index (κ1) is 21.6. The SMILES string of the molecule is COC(=O)c1sc2cc(NC(=O)C(C)n3nc(C(F)(F)F)cc3C3CC3)ccc2c1Cl. The van der Waals surface area contributed by atoms with Crippen LogP contribution in [0.2, 0.25) is 5.02 Å². The second-order valence-electron chi connectivity index (χ2n) is 7.28. The molecule has 1 saturated carbocycles. The zero-order valence-electron chi connectivity index (χ0n) is 16.4. The molecule has 164 valence electrons. The van der Waals surface area contributed by atoms with E-state index in [1.165, 1.54) is 14.0 Å². The van der Waals surface area contributed by atoms with Crippen LogP contribution in [0.3, 0.4) is 0 Å². The predicted octanol–water partition coefficient (Wildman–Crippen LogP) is 5.63. The molecule has 4 rings (SSSR count). The van der Waals surface area contributed by atoms with Crippen molar-refractivity contribution < 1.29 is 27.5 Å². The largest absolute Gasteiger partial charge is 0.465 e. The molecule has 31 heavy (non-hydrogen) atoms. The van der Waals surface area contributed by atoms with Crippen molar-refractivity contribution in [3.8, 4) is 0 Å². The number of amides is 1. The highest BCUT2D eigenvalue weighted by Gasteiger charge is 2.39. The second kappa shape index (κ2) is 7.83. The van der Waals surface area contributed by atoms with Gasteiger partial charge in [-0.05, 0) is 44.0 Å². The molecule has 1 atom stereocenters. The summed E-state index contributed by atoms with van der Waals surface area (Å²) in [6, 6.07) is 5.00. The number of halogens is 4. The van der Waals surface area contributed by atoms with Gasteiger partial charge in [0.1, 0.15) is 10.9 Å². The van der Waals surface area contributed by atoms with Gasteiger partial charge in [-0.2, -0.15) is 18.3 Å². The molecule has 1 N–H and O–H groups in total. The number of hydrogen-bond donors (Lipinski definition) is 1. The lowest BCUT2D eigenvalue weighted by Crippen LogP contribution is -2.26. The molecule has 1 aliphatic rings. The molecule has 2 heterocycles. The Bertz CT molecular complexity index is 1180. The van der Waals surface area contributed by atoms with Crippen LogP contribution in [0.25, 0.3) is 10.1 Å². The van der Waals surface area contributed by atoms with E-state index in [0.717, 1.165) is 34.9 Å². The number of nitrogens with zero attached hydrogens (tertiary/aromatic N) is 2. The van der Waals surface area contributed by atoms with Crippen LogP contribution in [-0.2, 0) is 15.7 Å². The molecular formula is C20H17ClF3N3O3S. The first-order chi connectivity index (χ1) is 14.6. The van der Waals surface area contributed by atoms with Crippen LogP contribution >= 0.6 is 22.9 Å². The minimum absolute atomic E-state index is 0.0137. The number of nitrogens with one attached hydrogen (secondary N) is 1. The van der Waals surface area contributed by atoms with E-state index < -0.39 is 29.8 Å². The van der Waals surface area contributed by atoms with E-state index in [1.807, 2.05) is 0 Å². The first-order valence-electron chi connectivity index (χ1n) is 9.38. The number of anilines is 1. The predicted molar refractivity (Wildman–Crippen MR) is 111 cm³/mol. The molecule has 3 aromatic rings. The average molecular weight is 472 g/mol. The lowest BCUT2D eigenvalue weighted by atomic mass is 10.2. The highest BCUT2D eigenvalue weighted by molar-refractivity contribution is 7.21. The number of benzene rings is 1. The van der Waals surface area contributed by atoms with E-state index >= 15 is 0 Å². The Balaban J connectivity index is 1.59. The topological polar surface area (TPSA) is 73.2 Å². The summed E-state index contributed by atoms with van der Waals surface area (Å²) in [5.41, 5.74) is -0.160. The van der Waals surface area contributed by atoms with Gasteiger partial charge in [-0.3, -0.25) is 9.48 Å². The Kier molecular flexibility index (Phi) is 5.47. The number of aromatic nitrogens is 2. The van der Waals surface area contributed by atoms with Crippen molar-refractivity contribution >= 4 is 50.6 Å². The van der Waals surface area contributed by atoms with Crippen LogP contribution in [0.4, 0.5) is 18.9 Å². The van der Waals surface area contributed by atoms with Gasteiger partial charge in [0.2, 0.25) is 5.91 Å². The number of carbonyl (C=O) groups excluding carboxylic acids is 2. The molecule has 0 bridgehead atoms.